The average molecular weight is 251 g/mol. The molecule has 0 fully saturated rings. The molecule has 0 spiro atoms. The molecule has 0 saturated carbocycles. The quantitative estimate of drug-likeness (QED) is 0.761. The Bertz CT molecular complexity index is 741. The van der Waals surface area contributed by atoms with Gasteiger partial charge in [-0.3, -0.25) is 0 Å². The number of hydrogen-bond acceptors (Lipinski definition) is 2. The van der Waals surface area contributed by atoms with Gasteiger partial charge in [-0.05, 0) is 41.8 Å². The van der Waals surface area contributed by atoms with E-state index in [1.54, 1.807) is 0 Å². The van der Waals surface area contributed by atoms with E-state index < -0.39 is 0 Å². The lowest BCUT2D eigenvalue weighted by molar-refractivity contribution is 0.886. The van der Waals surface area contributed by atoms with Crippen LogP contribution in [0.1, 0.15) is 11.4 Å². The van der Waals surface area contributed by atoms with Gasteiger partial charge in [-0.15, -0.1) is 0 Å². The van der Waals surface area contributed by atoms with Gasteiger partial charge in [-0.2, -0.15) is 0 Å². The summed E-state index contributed by atoms with van der Waals surface area (Å²) in [6.07, 6.45) is 0. The number of imidazole rings is 1. The van der Waals surface area contributed by atoms with Crippen molar-refractivity contribution in [2.45, 2.75) is 13.5 Å². The number of benzene rings is 2. The van der Waals surface area contributed by atoms with Crippen molar-refractivity contribution in [3.63, 3.8) is 0 Å². The molecule has 0 aliphatic heterocycles. The van der Waals surface area contributed by atoms with Crippen molar-refractivity contribution in [1.29, 1.82) is 0 Å². The van der Waals surface area contributed by atoms with Crippen molar-refractivity contribution in [2.75, 3.05) is 0 Å². The Morgan fingerprint density at radius 1 is 1.11 bits per heavy atom. The second-order valence-electron chi connectivity index (χ2n) is 4.83. The van der Waals surface area contributed by atoms with E-state index in [9.17, 15) is 0 Å². The number of rotatable bonds is 2. The lowest BCUT2D eigenvalue weighted by Gasteiger charge is -2.05. The van der Waals surface area contributed by atoms with Gasteiger partial charge in [0.15, 0.2) is 0 Å². The molecule has 2 N–H and O–H groups in total. The van der Waals surface area contributed by atoms with Crippen LogP contribution in [-0.4, -0.2) is 9.55 Å². The first kappa shape index (κ1) is 11.9. The largest absolute Gasteiger partial charge is 0.331 e. The summed E-state index contributed by atoms with van der Waals surface area (Å²) in [7, 11) is 2.05. The first-order valence-electron chi connectivity index (χ1n) is 6.41. The summed E-state index contributed by atoms with van der Waals surface area (Å²) in [4.78, 5) is 4.52. The number of nitrogens with zero attached hydrogens (tertiary/aromatic N) is 2. The minimum absolute atomic E-state index is 0.570. The molecule has 19 heavy (non-hydrogen) atoms. The van der Waals surface area contributed by atoms with Gasteiger partial charge in [-0.25, -0.2) is 4.98 Å². The third kappa shape index (κ3) is 2.02. The molecule has 0 radical (unpaired) electrons. The molecule has 0 aliphatic rings. The summed E-state index contributed by atoms with van der Waals surface area (Å²) >= 11 is 0. The van der Waals surface area contributed by atoms with Crippen LogP contribution in [-0.2, 0) is 13.6 Å². The third-order valence-electron chi connectivity index (χ3n) is 3.60. The Morgan fingerprint density at radius 3 is 2.68 bits per heavy atom. The predicted molar refractivity (Wildman–Crippen MR) is 78.8 cm³/mol. The van der Waals surface area contributed by atoms with Crippen LogP contribution in [0.3, 0.4) is 0 Å². The van der Waals surface area contributed by atoms with Gasteiger partial charge in [0.05, 0.1) is 11.0 Å². The molecule has 3 nitrogen and oxygen atoms in total. The highest BCUT2D eigenvalue weighted by molar-refractivity contribution is 5.82. The van der Waals surface area contributed by atoms with Crippen molar-refractivity contribution in [3.8, 4) is 11.1 Å². The molecule has 3 heteroatoms. The minimum atomic E-state index is 0.570. The monoisotopic (exact) mass is 251 g/mol. The summed E-state index contributed by atoms with van der Waals surface area (Å²) in [5.74, 6) is 1.03. The summed E-state index contributed by atoms with van der Waals surface area (Å²) < 4.78 is 2.12. The number of aryl methyl sites for hydroxylation is 2. The second kappa shape index (κ2) is 4.52. The Morgan fingerprint density at radius 2 is 1.89 bits per heavy atom. The Balaban J connectivity index is 2.16. The molecule has 0 amide bonds. The van der Waals surface area contributed by atoms with Crippen LogP contribution < -0.4 is 5.73 Å². The summed E-state index contributed by atoms with van der Waals surface area (Å²) in [5, 5.41) is 0. The summed E-state index contributed by atoms with van der Waals surface area (Å²) in [6, 6.07) is 14.7. The smallest absolute Gasteiger partial charge is 0.106 e. The number of fused-ring (bicyclic) bond motifs is 1. The van der Waals surface area contributed by atoms with E-state index in [2.05, 4.69) is 52.0 Å². The van der Waals surface area contributed by atoms with Crippen LogP contribution >= 0.6 is 0 Å². The lowest BCUT2D eigenvalue weighted by Crippen LogP contribution is -1.95. The molecular formula is C16H17N3. The molecule has 2 aromatic carbocycles. The van der Waals surface area contributed by atoms with E-state index in [1.807, 2.05) is 14.0 Å². The summed E-state index contributed by atoms with van der Waals surface area (Å²) in [6.45, 7) is 2.59. The SMILES string of the molecule is Cc1nc2ccc(-c3cccc(CN)c3)cc2n1C. The molecule has 1 heterocycles. The Hall–Kier alpha value is -2.13. The molecular weight excluding hydrogens is 234 g/mol. The van der Waals surface area contributed by atoms with E-state index in [-0.39, 0.29) is 0 Å². The molecule has 0 atom stereocenters. The van der Waals surface area contributed by atoms with Crippen molar-refractivity contribution >= 4 is 11.0 Å². The van der Waals surface area contributed by atoms with Crippen LogP contribution in [0.25, 0.3) is 22.2 Å². The van der Waals surface area contributed by atoms with Crippen LogP contribution in [0.2, 0.25) is 0 Å². The maximum Gasteiger partial charge on any atom is 0.106 e. The van der Waals surface area contributed by atoms with Gasteiger partial charge in [0.2, 0.25) is 0 Å². The second-order valence-corrected chi connectivity index (χ2v) is 4.83. The number of aromatic nitrogens is 2. The van der Waals surface area contributed by atoms with E-state index >= 15 is 0 Å². The fourth-order valence-corrected chi connectivity index (χ4v) is 2.37. The van der Waals surface area contributed by atoms with Crippen molar-refractivity contribution < 1.29 is 0 Å². The highest BCUT2D eigenvalue weighted by Crippen LogP contribution is 2.25. The van der Waals surface area contributed by atoms with Crippen molar-refractivity contribution in [1.82, 2.24) is 9.55 Å². The van der Waals surface area contributed by atoms with Crippen LogP contribution in [0.4, 0.5) is 0 Å². The van der Waals surface area contributed by atoms with Gasteiger partial charge in [0.25, 0.3) is 0 Å². The fraction of sp³-hybridized carbons (Fsp3) is 0.188. The van der Waals surface area contributed by atoms with E-state index in [4.69, 9.17) is 5.73 Å². The van der Waals surface area contributed by atoms with E-state index in [0.29, 0.717) is 6.54 Å². The van der Waals surface area contributed by atoms with Gasteiger partial charge in [0.1, 0.15) is 5.82 Å². The Kier molecular flexibility index (Phi) is 2.84. The van der Waals surface area contributed by atoms with Gasteiger partial charge in [-0.1, -0.05) is 24.3 Å². The van der Waals surface area contributed by atoms with E-state index in [1.165, 1.54) is 11.1 Å². The van der Waals surface area contributed by atoms with E-state index in [0.717, 1.165) is 22.4 Å². The average Bonchev–Trinajstić information content (AvgIpc) is 2.74. The van der Waals surface area contributed by atoms with Gasteiger partial charge in [0, 0.05) is 13.6 Å². The van der Waals surface area contributed by atoms with Crippen molar-refractivity contribution in [2.24, 2.45) is 12.8 Å². The third-order valence-corrected chi connectivity index (χ3v) is 3.60. The first-order valence-corrected chi connectivity index (χ1v) is 6.41. The minimum Gasteiger partial charge on any atom is -0.331 e. The molecule has 96 valence electrons. The van der Waals surface area contributed by atoms with Gasteiger partial charge >= 0.3 is 0 Å². The van der Waals surface area contributed by atoms with Crippen molar-refractivity contribution in [3.05, 3.63) is 53.9 Å². The molecule has 1 aromatic heterocycles. The maximum atomic E-state index is 5.70. The zero-order valence-electron chi connectivity index (χ0n) is 11.2. The normalized spacial score (nSPS) is 11.1. The number of hydrogen-bond donors (Lipinski definition) is 1. The first-order chi connectivity index (χ1) is 9.19. The molecule has 3 aromatic rings. The van der Waals surface area contributed by atoms with Crippen LogP contribution in [0.15, 0.2) is 42.5 Å². The predicted octanol–water partition coefficient (Wildman–Crippen LogP) is 3.01. The van der Waals surface area contributed by atoms with Crippen LogP contribution in [0.5, 0.6) is 0 Å². The molecule has 0 bridgehead atoms. The summed E-state index contributed by atoms with van der Waals surface area (Å²) in [5.41, 5.74) is 11.5. The molecule has 3 rings (SSSR count). The maximum absolute atomic E-state index is 5.70. The Labute approximate surface area is 112 Å². The lowest BCUT2D eigenvalue weighted by atomic mass is 10.0. The molecule has 0 aliphatic carbocycles. The highest BCUT2D eigenvalue weighted by atomic mass is 15.0. The topological polar surface area (TPSA) is 43.8 Å². The molecule has 0 saturated heterocycles. The van der Waals surface area contributed by atoms with Gasteiger partial charge < -0.3 is 10.3 Å². The zero-order valence-corrected chi connectivity index (χ0v) is 11.2. The molecule has 0 unspecified atom stereocenters. The number of nitrogens with two attached hydrogens (primary N) is 1. The zero-order chi connectivity index (χ0) is 13.4. The fourth-order valence-electron chi connectivity index (χ4n) is 2.37. The highest BCUT2D eigenvalue weighted by Gasteiger charge is 2.06. The van der Waals surface area contributed by atoms with Crippen LogP contribution in [0, 0.1) is 6.92 Å². The standard InChI is InChI=1S/C16H17N3/c1-11-18-15-7-6-14(9-16(15)19(11)2)13-5-3-4-12(8-13)10-17/h3-9H,10,17H2,1-2H3.